The van der Waals surface area contributed by atoms with E-state index in [1.807, 2.05) is 31.3 Å². The Labute approximate surface area is 196 Å². The van der Waals surface area contributed by atoms with Crippen molar-refractivity contribution in [3.05, 3.63) is 59.6 Å². The lowest BCUT2D eigenvalue weighted by atomic mass is 9.91. The number of pyridine rings is 1. The SMILES string of the molecule is C=C(/N=C1\C(=C/C)C=C(C#N)C(=O)N1C1CCCC1)Nc1ccc(C2CCN(C)CC2)cn1. The summed E-state index contributed by atoms with van der Waals surface area (Å²) >= 11 is 0. The van der Waals surface area contributed by atoms with Crippen LogP contribution in [0.4, 0.5) is 5.82 Å². The number of rotatable bonds is 5. The van der Waals surface area contributed by atoms with Crippen molar-refractivity contribution in [2.24, 2.45) is 4.99 Å². The Hall–Kier alpha value is -3.24. The lowest BCUT2D eigenvalue weighted by molar-refractivity contribution is -0.124. The molecule has 1 N–H and O–H groups in total. The van der Waals surface area contributed by atoms with Crippen molar-refractivity contribution in [2.45, 2.75) is 57.4 Å². The number of anilines is 1. The summed E-state index contributed by atoms with van der Waals surface area (Å²) in [5, 5.41) is 12.6. The van der Waals surface area contributed by atoms with Gasteiger partial charge in [0, 0.05) is 17.8 Å². The van der Waals surface area contributed by atoms with Crippen LogP contribution in [0.3, 0.4) is 0 Å². The van der Waals surface area contributed by atoms with E-state index in [0.717, 1.165) is 57.2 Å². The zero-order chi connectivity index (χ0) is 23.4. The zero-order valence-corrected chi connectivity index (χ0v) is 19.5. The second-order valence-electron chi connectivity index (χ2n) is 9.09. The molecule has 33 heavy (non-hydrogen) atoms. The summed E-state index contributed by atoms with van der Waals surface area (Å²) in [6.07, 6.45) is 11.7. The van der Waals surface area contributed by atoms with Gasteiger partial charge < -0.3 is 10.2 Å². The maximum absolute atomic E-state index is 13.0. The molecule has 1 aromatic heterocycles. The predicted molar refractivity (Wildman–Crippen MR) is 130 cm³/mol. The summed E-state index contributed by atoms with van der Waals surface area (Å²) in [5.74, 6) is 1.91. The van der Waals surface area contributed by atoms with Crippen LogP contribution in [0, 0.1) is 11.3 Å². The van der Waals surface area contributed by atoms with Gasteiger partial charge in [-0.25, -0.2) is 9.98 Å². The number of likely N-dealkylation sites (tertiary alicyclic amines) is 1. The molecule has 0 unspecified atom stereocenters. The van der Waals surface area contributed by atoms with E-state index in [1.54, 1.807) is 11.0 Å². The summed E-state index contributed by atoms with van der Waals surface area (Å²) in [5.41, 5.74) is 2.17. The lowest BCUT2D eigenvalue weighted by Gasteiger charge is -2.33. The van der Waals surface area contributed by atoms with E-state index < -0.39 is 0 Å². The van der Waals surface area contributed by atoms with Gasteiger partial charge in [0.25, 0.3) is 5.91 Å². The third-order valence-corrected chi connectivity index (χ3v) is 6.85. The van der Waals surface area contributed by atoms with Crippen LogP contribution >= 0.6 is 0 Å². The van der Waals surface area contributed by atoms with Gasteiger partial charge in [-0.05, 0) is 76.4 Å². The van der Waals surface area contributed by atoms with Gasteiger partial charge >= 0.3 is 0 Å². The van der Waals surface area contributed by atoms with Crippen LogP contribution in [-0.4, -0.2) is 52.7 Å². The number of allylic oxidation sites excluding steroid dienone is 1. The summed E-state index contributed by atoms with van der Waals surface area (Å²) < 4.78 is 0. The largest absolute Gasteiger partial charge is 0.325 e. The molecule has 0 radical (unpaired) electrons. The van der Waals surface area contributed by atoms with Crippen molar-refractivity contribution in [3.8, 4) is 6.07 Å². The quantitative estimate of drug-likeness (QED) is 0.730. The number of amides is 1. The number of hydrogen-bond donors (Lipinski definition) is 1. The summed E-state index contributed by atoms with van der Waals surface area (Å²) in [6, 6.07) is 6.19. The number of nitrogens with zero attached hydrogens (tertiary/aromatic N) is 5. The fourth-order valence-electron chi connectivity index (χ4n) is 4.93. The number of nitriles is 1. The molecule has 7 nitrogen and oxygen atoms in total. The van der Waals surface area contributed by atoms with Gasteiger partial charge in [-0.15, -0.1) is 0 Å². The number of piperidine rings is 1. The molecular formula is C26H32N6O. The van der Waals surface area contributed by atoms with Gasteiger partial charge in [-0.2, -0.15) is 5.26 Å². The molecule has 1 amide bonds. The number of hydrogen-bond acceptors (Lipinski definition) is 6. The Bertz CT molecular complexity index is 1030. The first kappa shape index (κ1) is 22.9. The molecule has 0 aromatic carbocycles. The van der Waals surface area contributed by atoms with Gasteiger partial charge in [0.05, 0.1) is 0 Å². The zero-order valence-electron chi connectivity index (χ0n) is 19.5. The van der Waals surface area contributed by atoms with E-state index >= 15 is 0 Å². The molecule has 0 atom stereocenters. The molecule has 1 saturated heterocycles. The van der Waals surface area contributed by atoms with Gasteiger partial charge in [-0.1, -0.05) is 31.6 Å². The normalized spacial score (nSPS) is 23.1. The highest BCUT2D eigenvalue weighted by Crippen LogP contribution is 2.31. The molecule has 1 saturated carbocycles. The van der Waals surface area contributed by atoms with E-state index in [9.17, 15) is 10.1 Å². The monoisotopic (exact) mass is 444 g/mol. The molecule has 0 spiro atoms. The minimum atomic E-state index is -0.276. The number of carbonyl (C=O) groups is 1. The molecule has 3 aliphatic rings. The Morgan fingerprint density at radius 1 is 1.27 bits per heavy atom. The van der Waals surface area contributed by atoms with Gasteiger partial charge in [0.1, 0.15) is 29.1 Å². The number of amidine groups is 1. The maximum Gasteiger partial charge on any atom is 0.270 e. The molecule has 4 rings (SSSR count). The van der Waals surface area contributed by atoms with Crippen LogP contribution < -0.4 is 5.32 Å². The van der Waals surface area contributed by atoms with E-state index in [0.29, 0.717) is 23.4 Å². The summed E-state index contributed by atoms with van der Waals surface area (Å²) in [7, 11) is 2.17. The molecular weight excluding hydrogens is 412 g/mol. The molecule has 1 aliphatic carbocycles. The van der Waals surface area contributed by atoms with Crippen molar-refractivity contribution in [3.63, 3.8) is 0 Å². The van der Waals surface area contributed by atoms with Crippen LogP contribution in [0.5, 0.6) is 0 Å². The van der Waals surface area contributed by atoms with Crippen molar-refractivity contribution in [2.75, 3.05) is 25.5 Å². The molecule has 0 bridgehead atoms. The van der Waals surface area contributed by atoms with Gasteiger partial charge in [0.15, 0.2) is 0 Å². The first-order valence-corrected chi connectivity index (χ1v) is 11.8. The first-order chi connectivity index (χ1) is 16.0. The lowest BCUT2D eigenvalue weighted by Crippen LogP contribution is -2.47. The molecule has 1 aromatic rings. The highest BCUT2D eigenvalue weighted by atomic mass is 16.2. The number of aliphatic imine (C=N–C) groups is 1. The Morgan fingerprint density at radius 3 is 2.61 bits per heavy atom. The number of nitrogens with one attached hydrogen (secondary N) is 1. The van der Waals surface area contributed by atoms with Gasteiger partial charge in [-0.3, -0.25) is 9.69 Å². The Balaban J connectivity index is 1.52. The summed E-state index contributed by atoms with van der Waals surface area (Å²) in [4.78, 5) is 26.4. The van der Waals surface area contributed by atoms with E-state index in [2.05, 4.69) is 34.9 Å². The second kappa shape index (κ2) is 10.1. The number of carbonyl (C=O) groups excluding carboxylic acids is 1. The van der Waals surface area contributed by atoms with Gasteiger partial charge in [0.2, 0.25) is 0 Å². The third-order valence-electron chi connectivity index (χ3n) is 6.85. The molecule has 2 aliphatic heterocycles. The van der Waals surface area contributed by atoms with Crippen LogP contribution in [-0.2, 0) is 4.79 Å². The average molecular weight is 445 g/mol. The fraction of sp³-hybridized carbons (Fsp3) is 0.462. The number of aromatic nitrogens is 1. The fourth-order valence-corrected chi connectivity index (χ4v) is 4.93. The van der Waals surface area contributed by atoms with Crippen molar-refractivity contribution >= 4 is 17.6 Å². The summed E-state index contributed by atoms with van der Waals surface area (Å²) in [6.45, 7) is 8.18. The molecule has 7 heteroatoms. The molecule has 172 valence electrons. The van der Waals surface area contributed by atoms with Crippen LogP contribution in [0.25, 0.3) is 0 Å². The Kier molecular flexibility index (Phi) is 7.05. The van der Waals surface area contributed by atoms with Crippen LogP contribution in [0.15, 0.2) is 59.0 Å². The highest BCUT2D eigenvalue weighted by molar-refractivity contribution is 6.19. The van der Waals surface area contributed by atoms with Crippen molar-refractivity contribution in [1.82, 2.24) is 14.8 Å². The second-order valence-corrected chi connectivity index (χ2v) is 9.09. The minimum absolute atomic E-state index is 0.0583. The minimum Gasteiger partial charge on any atom is -0.325 e. The van der Waals surface area contributed by atoms with Crippen molar-refractivity contribution < 1.29 is 4.79 Å². The van der Waals surface area contributed by atoms with Crippen molar-refractivity contribution in [1.29, 1.82) is 5.26 Å². The Morgan fingerprint density at radius 2 is 2.00 bits per heavy atom. The van der Waals surface area contributed by atoms with Crippen LogP contribution in [0.1, 0.15) is 56.9 Å². The molecule has 3 heterocycles. The third kappa shape index (κ3) is 5.07. The van der Waals surface area contributed by atoms with E-state index in [1.165, 1.54) is 5.56 Å². The van der Waals surface area contributed by atoms with E-state index in [4.69, 9.17) is 4.99 Å². The van der Waals surface area contributed by atoms with E-state index in [-0.39, 0.29) is 17.5 Å². The van der Waals surface area contributed by atoms with Crippen LogP contribution in [0.2, 0.25) is 0 Å². The maximum atomic E-state index is 13.0. The average Bonchev–Trinajstić information content (AvgIpc) is 3.35. The topological polar surface area (TPSA) is 84.6 Å². The highest BCUT2D eigenvalue weighted by Gasteiger charge is 2.36. The molecule has 2 fully saturated rings. The predicted octanol–water partition coefficient (Wildman–Crippen LogP) is 4.35. The smallest absolute Gasteiger partial charge is 0.270 e. The standard InChI is InChI=1S/C26H32N6O/c1-4-19-15-22(16-27)26(33)32(23-7-5-6-8-23)25(19)30-18(2)29-24-10-9-21(17-28-24)20-11-13-31(3)14-12-20/h4,9-10,15,17,20,23H,2,5-8,11-14H2,1,3H3,(H,28,29)/b19-4-,30-25+. The first-order valence-electron chi connectivity index (χ1n) is 11.8.